The maximum Gasteiger partial charge on any atom is 0.191 e. The lowest BCUT2D eigenvalue weighted by molar-refractivity contribution is 0.680. The molecular formula is C24H28IN7. The fraction of sp³-hybridized carbons (Fsp3) is 0.208. The highest BCUT2D eigenvalue weighted by Crippen LogP contribution is 2.16. The van der Waals surface area contributed by atoms with Gasteiger partial charge in [-0.05, 0) is 29.7 Å². The van der Waals surface area contributed by atoms with E-state index in [1.165, 1.54) is 11.1 Å². The van der Waals surface area contributed by atoms with E-state index < -0.39 is 0 Å². The summed E-state index contributed by atoms with van der Waals surface area (Å²) in [6, 6.07) is 20.5. The highest BCUT2D eigenvalue weighted by molar-refractivity contribution is 14.0. The lowest BCUT2D eigenvalue weighted by Crippen LogP contribution is -2.37. The fourth-order valence-electron chi connectivity index (χ4n) is 3.32. The van der Waals surface area contributed by atoms with Gasteiger partial charge in [0.05, 0.1) is 31.5 Å². The van der Waals surface area contributed by atoms with E-state index in [9.17, 15) is 0 Å². The Morgan fingerprint density at radius 3 is 2.53 bits per heavy atom. The average molecular weight is 541 g/mol. The first-order valence-corrected chi connectivity index (χ1v) is 10.5. The van der Waals surface area contributed by atoms with Gasteiger partial charge < -0.3 is 15.6 Å². The van der Waals surface area contributed by atoms with Gasteiger partial charge in [-0.1, -0.05) is 54.6 Å². The number of imidazole rings is 1. The Balaban J connectivity index is 0.00000289. The molecule has 2 aromatic heterocycles. The Hall–Kier alpha value is -3.14. The number of aliphatic imine (C=N–C) groups is 1. The molecule has 4 aromatic rings. The first kappa shape index (κ1) is 23.5. The molecule has 0 fully saturated rings. The molecular weight excluding hydrogens is 513 g/mol. The van der Waals surface area contributed by atoms with E-state index in [-0.39, 0.29) is 24.0 Å². The summed E-state index contributed by atoms with van der Waals surface area (Å²) in [5.74, 6) is 1.62. The molecule has 4 rings (SSSR count). The molecule has 2 aromatic carbocycles. The summed E-state index contributed by atoms with van der Waals surface area (Å²) in [4.78, 5) is 12.6. The number of guanidine groups is 1. The standard InChI is InChI=1S/C24H27N7.HI/c1-2-25-24(28-17-23-26-16-22(30-23)19-9-4-3-5-10-19)27-15-20-11-6-7-12-21(20)18-31-14-8-13-29-31;/h3-14,16H,2,15,17-18H2,1H3,(H,26,30)(H2,25,27,28);1H. The zero-order valence-electron chi connectivity index (χ0n) is 18.0. The largest absolute Gasteiger partial charge is 0.357 e. The summed E-state index contributed by atoms with van der Waals surface area (Å²) in [5.41, 5.74) is 4.52. The number of benzene rings is 2. The van der Waals surface area contributed by atoms with E-state index in [0.29, 0.717) is 13.1 Å². The Morgan fingerprint density at radius 2 is 1.78 bits per heavy atom. The van der Waals surface area contributed by atoms with Gasteiger partial charge in [0.25, 0.3) is 0 Å². The second kappa shape index (κ2) is 12.0. The van der Waals surface area contributed by atoms with Crippen LogP contribution in [0.25, 0.3) is 11.3 Å². The molecule has 0 aliphatic rings. The summed E-state index contributed by atoms with van der Waals surface area (Å²) < 4.78 is 1.92. The highest BCUT2D eigenvalue weighted by Gasteiger charge is 2.06. The Bertz CT molecular complexity index is 1100. The van der Waals surface area contributed by atoms with Crippen molar-refractivity contribution in [1.29, 1.82) is 0 Å². The van der Waals surface area contributed by atoms with Crippen LogP contribution in [0.5, 0.6) is 0 Å². The highest BCUT2D eigenvalue weighted by atomic mass is 127. The van der Waals surface area contributed by atoms with E-state index >= 15 is 0 Å². The zero-order valence-corrected chi connectivity index (χ0v) is 20.4. The zero-order chi connectivity index (χ0) is 21.3. The van der Waals surface area contributed by atoms with Crippen LogP contribution in [0.4, 0.5) is 0 Å². The van der Waals surface area contributed by atoms with Gasteiger partial charge in [0.2, 0.25) is 0 Å². The van der Waals surface area contributed by atoms with Crippen molar-refractivity contribution in [3.63, 3.8) is 0 Å². The van der Waals surface area contributed by atoms with Crippen molar-refractivity contribution in [2.45, 2.75) is 26.6 Å². The third-order valence-electron chi connectivity index (χ3n) is 4.90. The molecule has 7 nitrogen and oxygen atoms in total. The topological polar surface area (TPSA) is 82.9 Å². The van der Waals surface area contributed by atoms with E-state index in [1.807, 2.05) is 47.4 Å². The van der Waals surface area contributed by atoms with Crippen LogP contribution in [0.2, 0.25) is 0 Å². The van der Waals surface area contributed by atoms with Crippen molar-refractivity contribution in [2.75, 3.05) is 6.54 Å². The lowest BCUT2D eigenvalue weighted by atomic mass is 10.1. The van der Waals surface area contributed by atoms with Crippen LogP contribution in [0.3, 0.4) is 0 Å². The first-order valence-electron chi connectivity index (χ1n) is 10.5. The molecule has 0 saturated heterocycles. The van der Waals surface area contributed by atoms with E-state index in [0.717, 1.165) is 36.1 Å². The summed E-state index contributed by atoms with van der Waals surface area (Å²) in [7, 11) is 0. The second-order valence-corrected chi connectivity index (χ2v) is 7.13. The number of nitrogens with one attached hydrogen (secondary N) is 3. The maximum atomic E-state index is 4.78. The van der Waals surface area contributed by atoms with Crippen molar-refractivity contribution < 1.29 is 0 Å². The summed E-state index contributed by atoms with van der Waals surface area (Å²) >= 11 is 0. The molecule has 0 radical (unpaired) electrons. The van der Waals surface area contributed by atoms with Gasteiger partial charge >= 0.3 is 0 Å². The van der Waals surface area contributed by atoms with Crippen LogP contribution in [0.15, 0.2) is 84.2 Å². The minimum atomic E-state index is 0. The Labute approximate surface area is 205 Å². The van der Waals surface area contributed by atoms with Gasteiger partial charge in [-0.3, -0.25) is 4.68 Å². The fourth-order valence-corrected chi connectivity index (χ4v) is 3.32. The van der Waals surface area contributed by atoms with Gasteiger partial charge in [-0.15, -0.1) is 24.0 Å². The van der Waals surface area contributed by atoms with Crippen molar-refractivity contribution in [1.82, 2.24) is 30.4 Å². The van der Waals surface area contributed by atoms with Gasteiger partial charge in [0.1, 0.15) is 5.82 Å². The number of H-pyrrole nitrogens is 1. The van der Waals surface area contributed by atoms with Crippen LogP contribution in [-0.2, 0) is 19.6 Å². The molecule has 0 spiro atoms. The Kier molecular flexibility index (Phi) is 8.85. The molecule has 0 amide bonds. The van der Waals surface area contributed by atoms with Crippen molar-refractivity contribution in [3.8, 4) is 11.3 Å². The van der Waals surface area contributed by atoms with Gasteiger partial charge in [-0.25, -0.2) is 9.98 Å². The summed E-state index contributed by atoms with van der Waals surface area (Å²) in [6.07, 6.45) is 5.63. The van der Waals surface area contributed by atoms with Crippen LogP contribution >= 0.6 is 24.0 Å². The summed E-state index contributed by atoms with van der Waals surface area (Å²) in [5, 5.41) is 11.0. The second-order valence-electron chi connectivity index (χ2n) is 7.13. The third kappa shape index (κ3) is 6.43. The van der Waals surface area contributed by atoms with Crippen LogP contribution in [-0.4, -0.2) is 32.3 Å². The number of halogens is 1. The molecule has 0 atom stereocenters. The number of aromatic nitrogens is 4. The maximum absolute atomic E-state index is 4.78. The third-order valence-corrected chi connectivity index (χ3v) is 4.90. The van der Waals surface area contributed by atoms with Crippen LogP contribution in [0.1, 0.15) is 23.9 Å². The SMILES string of the molecule is CCNC(=NCc1ccccc1Cn1cccn1)NCc1ncc(-c2ccccc2)[nH]1.I. The molecule has 32 heavy (non-hydrogen) atoms. The average Bonchev–Trinajstić information content (AvgIpc) is 3.49. The van der Waals surface area contributed by atoms with Crippen molar-refractivity contribution in [2.24, 2.45) is 4.99 Å². The number of nitrogens with zero attached hydrogens (tertiary/aromatic N) is 4. The molecule has 8 heteroatoms. The number of hydrogen-bond donors (Lipinski definition) is 3. The van der Waals surface area contributed by atoms with Crippen LogP contribution in [0, 0.1) is 0 Å². The monoisotopic (exact) mass is 541 g/mol. The molecule has 3 N–H and O–H groups in total. The molecule has 0 aliphatic carbocycles. The smallest absolute Gasteiger partial charge is 0.191 e. The van der Waals surface area contributed by atoms with Gasteiger partial charge in [0, 0.05) is 18.9 Å². The van der Waals surface area contributed by atoms with E-state index in [4.69, 9.17) is 4.99 Å². The van der Waals surface area contributed by atoms with Crippen molar-refractivity contribution >= 4 is 29.9 Å². The molecule has 0 aliphatic heterocycles. The molecule has 0 unspecified atom stereocenters. The first-order chi connectivity index (χ1) is 15.3. The lowest BCUT2D eigenvalue weighted by Gasteiger charge is -2.12. The van der Waals surface area contributed by atoms with Crippen LogP contribution < -0.4 is 10.6 Å². The minimum absolute atomic E-state index is 0. The normalized spacial score (nSPS) is 11.1. The Morgan fingerprint density at radius 1 is 1.00 bits per heavy atom. The molecule has 0 saturated carbocycles. The molecule has 2 heterocycles. The predicted octanol–water partition coefficient (Wildman–Crippen LogP) is 4.19. The van der Waals surface area contributed by atoms with E-state index in [1.54, 1.807) is 6.20 Å². The number of hydrogen-bond acceptors (Lipinski definition) is 3. The molecule has 0 bridgehead atoms. The minimum Gasteiger partial charge on any atom is -0.357 e. The predicted molar refractivity (Wildman–Crippen MR) is 139 cm³/mol. The van der Waals surface area contributed by atoms with Gasteiger partial charge in [-0.2, -0.15) is 5.10 Å². The summed E-state index contributed by atoms with van der Waals surface area (Å²) in [6.45, 7) is 4.72. The van der Waals surface area contributed by atoms with E-state index in [2.05, 4.69) is 63.0 Å². The number of aromatic amines is 1. The van der Waals surface area contributed by atoms with Crippen molar-refractivity contribution in [3.05, 3.63) is 96.2 Å². The number of rotatable bonds is 8. The molecule has 166 valence electrons. The van der Waals surface area contributed by atoms with Gasteiger partial charge in [0.15, 0.2) is 5.96 Å². The quantitative estimate of drug-likeness (QED) is 0.178.